The first-order valence-electron chi connectivity index (χ1n) is 9.96. The van der Waals surface area contributed by atoms with Crippen LogP contribution in [0.5, 0.6) is 0 Å². The molecule has 2 heterocycles. The maximum atomic E-state index is 14.6. The normalized spacial score (nSPS) is 10.9. The van der Waals surface area contributed by atoms with E-state index in [4.69, 9.17) is 0 Å². The first-order valence-corrected chi connectivity index (χ1v) is 9.96. The smallest absolute Gasteiger partial charge is 0.224 e. The monoisotopic (exact) mass is 419 g/mol. The van der Waals surface area contributed by atoms with Gasteiger partial charge in [0.2, 0.25) is 11.7 Å². The van der Waals surface area contributed by atoms with Crippen molar-refractivity contribution in [1.29, 1.82) is 0 Å². The van der Waals surface area contributed by atoms with Crippen LogP contribution in [-0.4, -0.2) is 35.9 Å². The lowest BCUT2D eigenvalue weighted by molar-refractivity contribution is -0.116. The van der Waals surface area contributed by atoms with Gasteiger partial charge in [-0.15, -0.1) is 10.2 Å². The second kappa shape index (κ2) is 8.86. The van der Waals surface area contributed by atoms with Gasteiger partial charge in [0.15, 0.2) is 5.82 Å². The van der Waals surface area contributed by atoms with Crippen molar-refractivity contribution in [3.05, 3.63) is 71.8 Å². The lowest BCUT2D eigenvalue weighted by atomic mass is 10.2. The highest BCUT2D eigenvalue weighted by Gasteiger charge is 2.12. The molecule has 0 radical (unpaired) electrons. The summed E-state index contributed by atoms with van der Waals surface area (Å²) < 4.78 is 16.1. The fraction of sp³-hybridized carbons (Fsp3) is 0.227. The number of hydrogen-bond acceptors (Lipinski definition) is 5. The lowest BCUT2D eigenvalue weighted by Crippen LogP contribution is -2.13. The Morgan fingerprint density at radius 1 is 1.06 bits per heavy atom. The Labute approximate surface area is 178 Å². The number of tetrazole rings is 1. The first-order chi connectivity index (χ1) is 15.0. The number of carbonyl (C=O) groups excluding carboxylic acids is 1. The molecule has 8 nitrogen and oxygen atoms in total. The summed E-state index contributed by atoms with van der Waals surface area (Å²) in [6.45, 7) is 4.17. The third-order valence-corrected chi connectivity index (χ3v) is 4.72. The molecule has 2 aromatic heterocycles. The summed E-state index contributed by atoms with van der Waals surface area (Å²) in [6, 6.07) is 16.0. The van der Waals surface area contributed by atoms with Crippen molar-refractivity contribution >= 4 is 11.6 Å². The van der Waals surface area contributed by atoms with Gasteiger partial charge >= 0.3 is 0 Å². The van der Waals surface area contributed by atoms with E-state index >= 15 is 0 Å². The van der Waals surface area contributed by atoms with Gasteiger partial charge in [0.05, 0.1) is 12.2 Å². The molecule has 0 unspecified atom stereocenters. The van der Waals surface area contributed by atoms with E-state index in [1.54, 1.807) is 16.8 Å². The molecule has 0 atom stereocenters. The van der Waals surface area contributed by atoms with Gasteiger partial charge in [-0.25, -0.2) is 9.07 Å². The molecule has 4 aromatic rings. The molecule has 4 rings (SSSR count). The minimum absolute atomic E-state index is 0.207. The zero-order chi connectivity index (χ0) is 21.8. The number of nitrogens with zero attached hydrogens (tertiary/aromatic N) is 6. The highest BCUT2D eigenvalue weighted by molar-refractivity contribution is 5.90. The highest BCUT2D eigenvalue weighted by Crippen LogP contribution is 2.20. The van der Waals surface area contributed by atoms with Gasteiger partial charge in [-0.3, -0.25) is 4.79 Å². The Bertz CT molecular complexity index is 1200. The molecular weight excluding hydrogens is 397 g/mol. The third kappa shape index (κ3) is 4.82. The number of nitrogens with one attached hydrogen (secondary N) is 1. The van der Waals surface area contributed by atoms with Crippen LogP contribution in [0, 0.1) is 19.7 Å². The maximum Gasteiger partial charge on any atom is 0.224 e. The molecule has 31 heavy (non-hydrogen) atoms. The molecule has 9 heteroatoms. The molecule has 0 fully saturated rings. The van der Waals surface area contributed by atoms with Crippen LogP contribution in [0.4, 0.5) is 10.1 Å². The largest absolute Gasteiger partial charge is 0.326 e. The molecule has 0 bridgehead atoms. The van der Waals surface area contributed by atoms with Crippen molar-refractivity contribution in [1.82, 2.24) is 30.0 Å². The summed E-state index contributed by atoms with van der Waals surface area (Å²) in [5.41, 5.74) is 3.28. The van der Waals surface area contributed by atoms with Crippen LogP contribution in [0.25, 0.3) is 17.1 Å². The number of aromatic nitrogens is 6. The molecule has 1 N–H and O–H groups in total. The third-order valence-electron chi connectivity index (χ3n) is 4.72. The molecule has 0 aliphatic carbocycles. The van der Waals surface area contributed by atoms with E-state index in [2.05, 4.69) is 25.8 Å². The summed E-state index contributed by atoms with van der Waals surface area (Å²) in [4.78, 5) is 13.7. The number of rotatable bonds is 7. The van der Waals surface area contributed by atoms with Crippen LogP contribution >= 0.6 is 0 Å². The second-order valence-corrected chi connectivity index (χ2v) is 7.23. The summed E-state index contributed by atoms with van der Waals surface area (Å²) in [5, 5.41) is 19.4. The topological polar surface area (TPSA) is 90.5 Å². The van der Waals surface area contributed by atoms with E-state index in [-0.39, 0.29) is 12.3 Å². The molecule has 0 aliphatic heterocycles. The van der Waals surface area contributed by atoms with Crippen LogP contribution in [0.2, 0.25) is 0 Å². The van der Waals surface area contributed by atoms with E-state index in [9.17, 15) is 9.18 Å². The predicted octanol–water partition coefficient (Wildman–Crippen LogP) is 3.70. The standard InChI is InChI=1S/C22H22FN7O/c1-15-13-16(2)30(26-15)20-11-10-18(14-19(20)23)24-21(31)9-6-12-29-27-22(25-28-29)17-7-4-3-5-8-17/h3-5,7-8,10-11,13-14H,6,9,12H2,1-2H3,(H,24,31). The van der Waals surface area contributed by atoms with Crippen molar-refractivity contribution < 1.29 is 9.18 Å². The van der Waals surface area contributed by atoms with Crippen LogP contribution in [-0.2, 0) is 11.3 Å². The highest BCUT2D eigenvalue weighted by atomic mass is 19.1. The van der Waals surface area contributed by atoms with E-state index < -0.39 is 5.82 Å². The summed E-state index contributed by atoms with van der Waals surface area (Å²) >= 11 is 0. The molecule has 0 spiro atoms. The van der Waals surface area contributed by atoms with Gasteiger partial charge < -0.3 is 5.32 Å². The average molecular weight is 419 g/mol. The number of amides is 1. The first kappa shape index (κ1) is 20.4. The number of benzene rings is 2. The number of carbonyl (C=O) groups is 1. The van der Waals surface area contributed by atoms with Crippen LogP contribution < -0.4 is 5.32 Å². The Kier molecular flexibility index (Phi) is 5.83. The maximum absolute atomic E-state index is 14.6. The number of aryl methyl sites for hydroxylation is 3. The summed E-state index contributed by atoms with van der Waals surface area (Å²) in [6.07, 6.45) is 0.784. The Hall–Kier alpha value is -3.88. The van der Waals surface area contributed by atoms with E-state index in [1.165, 1.54) is 10.9 Å². The van der Waals surface area contributed by atoms with E-state index in [0.717, 1.165) is 17.0 Å². The van der Waals surface area contributed by atoms with Crippen molar-refractivity contribution in [3.63, 3.8) is 0 Å². The van der Waals surface area contributed by atoms with Gasteiger partial charge in [0.1, 0.15) is 5.69 Å². The number of halogens is 1. The minimum atomic E-state index is -0.454. The fourth-order valence-electron chi connectivity index (χ4n) is 3.27. The molecule has 0 saturated heterocycles. The average Bonchev–Trinajstić information content (AvgIpc) is 3.35. The van der Waals surface area contributed by atoms with Gasteiger partial charge in [-0.2, -0.15) is 9.90 Å². The van der Waals surface area contributed by atoms with Gasteiger partial charge in [-0.1, -0.05) is 30.3 Å². The van der Waals surface area contributed by atoms with Gasteiger partial charge in [0.25, 0.3) is 0 Å². The molecule has 158 valence electrons. The van der Waals surface area contributed by atoms with Crippen molar-refractivity contribution in [2.24, 2.45) is 0 Å². The van der Waals surface area contributed by atoms with Crippen LogP contribution in [0.3, 0.4) is 0 Å². The fourth-order valence-corrected chi connectivity index (χ4v) is 3.27. The Balaban J connectivity index is 1.31. The zero-order valence-corrected chi connectivity index (χ0v) is 17.3. The van der Waals surface area contributed by atoms with E-state index in [0.29, 0.717) is 30.2 Å². The molecular formula is C22H22FN7O. The Morgan fingerprint density at radius 2 is 1.87 bits per heavy atom. The summed E-state index contributed by atoms with van der Waals surface area (Å²) in [5.74, 6) is -0.117. The Morgan fingerprint density at radius 3 is 2.58 bits per heavy atom. The van der Waals surface area contributed by atoms with Crippen molar-refractivity contribution in [2.75, 3.05) is 5.32 Å². The van der Waals surface area contributed by atoms with Crippen LogP contribution in [0.15, 0.2) is 54.6 Å². The number of hydrogen-bond donors (Lipinski definition) is 1. The van der Waals surface area contributed by atoms with Crippen molar-refractivity contribution in [3.8, 4) is 17.1 Å². The minimum Gasteiger partial charge on any atom is -0.326 e. The number of anilines is 1. The SMILES string of the molecule is Cc1cc(C)n(-c2ccc(NC(=O)CCCn3nnc(-c4ccccc4)n3)cc2F)n1. The predicted molar refractivity (Wildman–Crippen MR) is 114 cm³/mol. The quantitative estimate of drug-likeness (QED) is 0.493. The van der Waals surface area contributed by atoms with Crippen LogP contribution in [0.1, 0.15) is 24.2 Å². The summed E-state index contributed by atoms with van der Waals surface area (Å²) in [7, 11) is 0. The second-order valence-electron chi connectivity index (χ2n) is 7.23. The van der Waals surface area contributed by atoms with Gasteiger partial charge in [-0.05, 0) is 49.7 Å². The van der Waals surface area contributed by atoms with Crippen molar-refractivity contribution in [2.45, 2.75) is 33.2 Å². The molecule has 0 saturated carbocycles. The molecule has 0 aliphatic rings. The van der Waals surface area contributed by atoms with E-state index in [1.807, 2.05) is 50.2 Å². The molecule has 2 aromatic carbocycles. The van der Waals surface area contributed by atoms with Gasteiger partial charge in [0, 0.05) is 23.4 Å². The lowest BCUT2D eigenvalue weighted by Gasteiger charge is -2.09. The molecule has 1 amide bonds. The zero-order valence-electron chi connectivity index (χ0n) is 17.3.